The first kappa shape index (κ1) is 15.7. The molecular formula is C15H20ClNO2S. The summed E-state index contributed by atoms with van der Waals surface area (Å²) < 4.78 is 5.43. The van der Waals surface area contributed by atoms with Crippen LogP contribution >= 0.6 is 23.4 Å². The Morgan fingerprint density at radius 1 is 1.55 bits per heavy atom. The van der Waals surface area contributed by atoms with E-state index < -0.39 is 5.60 Å². The van der Waals surface area contributed by atoms with Gasteiger partial charge in [-0.15, -0.1) is 0 Å². The summed E-state index contributed by atoms with van der Waals surface area (Å²) in [5, 5.41) is 14.1. The summed E-state index contributed by atoms with van der Waals surface area (Å²) >= 11 is 7.96. The maximum Gasteiger partial charge on any atom is 0.138 e. The Hall–Kier alpha value is -0.680. The van der Waals surface area contributed by atoms with Crippen molar-refractivity contribution in [1.82, 2.24) is 5.32 Å². The molecule has 0 saturated carbocycles. The summed E-state index contributed by atoms with van der Waals surface area (Å²) in [6, 6.07) is 5.73. The highest BCUT2D eigenvalue weighted by Gasteiger charge is 2.30. The van der Waals surface area contributed by atoms with E-state index in [0.29, 0.717) is 30.5 Å². The fraction of sp³-hybridized carbons (Fsp3) is 0.467. The summed E-state index contributed by atoms with van der Waals surface area (Å²) in [5.41, 5.74) is 0.525. The molecule has 3 nitrogen and oxygen atoms in total. The van der Waals surface area contributed by atoms with Gasteiger partial charge in [-0.1, -0.05) is 30.3 Å². The molecule has 1 aromatic carbocycles. The van der Waals surface area contributed by atoms with E-state index in [1.54, 1.807) is 17.8 Å². The van der Waals surface area contributed by atoms with Crippen LogP contribution in [0.1, 0.15) is 12.0 Å². The summed E-state index contributed by atoms with van der Waals surface area (Å²) in [4.78, 5) is 0. The normalized spacial score (nSPS) is 21.9. The lowest BCUT2D eigenvalue weighted by Crippen LogP contribution is -2.40. The van der Waals surface area contributed by atoms with Gasteiger partial charge in [-0.3, -0.25) is 0 Å². The molecule has 0 radical (unpaired) electrons. The minimum Gasteiger partial charge on any atom is -0.488 e. The van der Waals surface area contributed by atoms with Crippen molar-refractivity contribution < 1.29 is 9.84 Å². The van der Waals surface area contributed by atoms with Crippen LogP contribution in [0.25, 0.3) is 0 Å². The van der Waals surface area contributed by atoms with E-state index in [1.165, 1.54) is 0 Å². The van der Waals surface area contributed by atoms with Crippen molar-refractivity contribution in [1.29, 1.82) is 0 Å². The highest BCUT2D eigenvalue weighted by molar-refractivity contribution is 7.99. The molecule has 0 bridgehead atoms. The molecule has 0 amide bonds. The van der Waals surface area contributed by atoms with Crippen molar-refractivity contribution in [3.63, 3.8) is 0 Å². The van der Waals surface area contributed by atoms with Crippen LogP contribution in [0.2, 0.25) is 5.02 Å². The van der Waals surface area contributed by atoms with Gasteiger partial charge < -0.3 is 15.2 Å². The van der Waals surface area contributed by atoms with Crippen molar-refractivity contribution >= 4 is 23.4 Å². The number of halogens is 1. The predicted molar refractivity (Wildman–Crippen MR) is 85.7 cm³/mol. The van der Waals surface area contributed by atoms with E-state index in [-0.39, 0.29) is 0 Å². The largest absolute Gasteiger partial charge is 0.488 e. The van der Waals surface area contributed by atoms with Gasteiger partial charge in [-0.05, 0) is 29.9 Å². The number of nitrogens with one attached hydrogen (secondary N) is 1. The molecule has 2 N–H and O–H groups in total. The summed E-state index contributed by atoms with van der Waals surface area (Å²) in [5.74, 6) is 2.52. The molecule has 0 spiro atoms. The van der Waals surface area contributed by atoms with Crippen molar-refractivity contribution in [2.24, 2.45) is 0 Å². The van der Waals surface area contributed by atoms with Crippen molar-refractivity contribution in [3.8, 4) is 5.75 Å². The first-order valence-electron chi connectivity index (χ1n) is 6.66. The monoisotopic (exact) mass is 313 g/mol. The van der Waals surface area contributed by atoms with Crippen LogP contribution in [0.5, 0.6) is 5.75 Å². The third kappa shape index (κ3) is 4.42. The van der Waals surface area contributed by atoms with Gasteiger partial charge in [0.2, 0.25) is 0 Å². The Morgan fingerprint density at radius 3 is 3.05 bits per heavy atom. The Bertz CT molecular complexity index is 461. The molecule has 0 aromatic heterocycles. The molecule has 1 atom stereocenters. The zero-order valence-corrected chi connectivity index (χ0v) is 13.0. The lowest BCUT2D eigenvalue weighted by molar-refractivity contribution is 0.0674. The molecule has 1 aromatic rings. The topological polar surface area (TPSA) is 41.5 Å². The van der Waals surface area contributed by atoms with Crippen LogP contribution in [0.3, 0.4) is 0 Å². The number of ether oxygens (including phenoxy) is 1. The fourth-order valence-electron chi connectivity index (χ4n) is 2.10. The Kier molecular flexibility index (Phi) is 5.78. The van der Waals surface area contributed by atoms with E-state index >= 15 is 0 Å². The maximum atomic E-state index is 10.2. The lowest BCUT2D eigenvalue weighted by Gasteiger charge is -2.21. The van der Waals surface area contributed by atoms with E-state index in [2.05, 4.69) is 11.9 Å². The number of benzene rings is 1. The summed E-state index contributed by atoms with van der Waals surface area (Å²) in [6.45, 7) is 5.36. The van der Waals surface area contributed by atoms with Gasteiger partial charge in [0.25, 0.3) is 0 Å². The molecular weight excluding hydrogens is 294 g/mol. The number of thioether (sulfide) groups is 1. The molecule has 0 aliphatic carbocycles. The van der Waals surface area contributed by atoms with Gasteiger partial charge >= 0.3 is 0 Å². The van der Waals surface area contributed by atoms with Crippen molar-refractivity contribution in [3.05, 3.63) is 41.4 Å². The quantitative estimate of drug-likeness (QED) is 0.760. The van der Waals surface area contributed by atoms with Gasteiger partial charge in [-0.25, -0.2) is 0 Å². The van der Waals surface area contributed by atoms with Crippen LogP contribution in [0.15, 0.2) is 30.9 Å². The molecule has 20 heavy (non-hydrogen) atoms. The van der Waals surface area contributed by atoms with Crippen LogP contribution in [-0.4, -0.2) is 35.4 Å². The molecule has 1 aliphatic rings. The molecule has 110 valence electrons. The van der Waals surface area contributed by atoms with Gasteiger partial charge in [0.05, 0.1) is 10.6 Å². The zero-order chi connectivity index (χ0) is 14.4. The second-order valence-corrected chi connectivity index (χ2v) is 6.51. The lowest BCUT2D eigenvalue weighted by atomic mass is 10.0. The Balaban J connectivity index is 1.83. The zero-order valence-electron chi connectivity index (χ0n) is 11.4. The maximum absolute atomic E-state index is 10.2. The third-order valence-corrected chi connectivity index (χ3v) is 4.75. The third-order valence-electron chi connectivity index (χ3n) is 3.22. The first-order valence-corrected chi connectivity index (χ1v) is 8.19. The minimum absolute atomic E-state index is 0.446. The van der Waals surface area contributed by atoms with Crippen LogP contribution in [0.4, 0.5) is 0 Å². The smallest absolute Gasteiger partial charge is 0.138 e. The summed E-state index contributed by atoms with van der Waals surface area (Å²) in [6.07, 6.45) is 2.55. The summed E-state index contributed by atoms with van der Waals surface area (Å²) in [7, 11) is 0. The highest BCUT2D eigenvalue weighted by atomic mass is 35.5. The number of rotatable bonds is 7. The van der Waals surface area contributed by atoms with Gasteiger partial charge in [0.1, 0.15) is 12.4 Å². The molecule has 1 saturated heterocycles. The van der Waals surface area contributed by atoms with E-state index in [0.717, 1.165) is 23.5 Å². The molecule has 1 fully saturated rings. The first-order chi connectivity index (χ1) is 9.63. The highest BCUT2D eigenvalue weighted by Crippen LogP contribution is 2.28. The number of aliphatic hydroxyl groups is 1. The van der Waals surface area contributed by atoms with E-state index in [4.69, 9.17) is 16.3 Å². The average molecular weight is 314 g/mol. The average Bonchev–Trinajstić information content (AvgIpc) is 2.85. The second-order valence-electron chi connectivity index (χ2n) is 4.99. The molecule has 1 heterocycles. The SMILES string of the molecule is C=CCOc1ccc(CNCC2(O)CCSC2)cc1Cl. The minimum atomic E-state index is -0.554. The number of hydrogen-bond donors (Lipinski definition) is 2. The second kappa shape index (κ2) is 7.36. The predicted octanol–water partition coefficient (Wildman–Crippen LogP) is 2.86. The standard InChI is InChI=1S/C15H20ClNO2S/c1-2-6-19-14-4-3-12(8-13(14)16)9-17-10-15(18)5-7-20-11-15/h2-4,8,17-18H,1,5-7,9-11H2. The van der Waals surface area contributed by atoms with Crippen LogP contribution < -0.4 is 10.1 Å². The molecule has 1 aliphatic heterocycles. The van der Waals surface area contributed by atoms with E-state index in [1.807, 2.05) is 18.2 Å². The van der Waals surface area contributed by atoms with Crippen LogP contribution in [0, 0.1) is 0 Å². The molecule has 1 unspecified atom stereocenters. The fourth-order valence-corrected chi connectivity index (χ4v) is 3.65. The van der Waals surface area contributed by atoms with Gasteiger partial charge in [0.15, 0.2) is 0 Å². The van der Waals surface area contributed by atoms with Gasteiger partial charge in [-0.2, -0.15) is 11.8 Å². The number of hydrogen-bond acceptors (Lipinski definition) is 4. The van der Waals surface area contributed by atoms with E-state index in [9.17, 15) is 5.11 Å². The van der Waals surface area contributed by atoms with Crippen molar-refractivity contribution in [2.45, 2.75) is 18.6 Å². The molecule has 2 rings (SSSR count). The Morgan fingerprint density at radius 2 is 2.40 bits per heavy atom. The Labute approximate surface area is 129 Å². The van der Waals surface area contributed by atoms with Gasteiger partial charge in [0, 0.05) is 18.8 Å². The molecule has 5 heteroatoms. The van der Waals surface area contributed by atoms with Crippen molar-refractivity contribution in [2.75, 3.05) is 24.7 Å². The van der Waals surface area contributed by atoms with Crippen LogP contribution in [-0.2, 0) is 6.54 Å².